The Balaban J connectivity index is 2.93. The third-order valence-corrected chi connectivity index (χ3v) is 3.06. The van der Waals surface area contributed by atoms with Crippen LogP contribution in [-0.4, -0.2) is 36.5 Å². The maximum Gasteiger partial charge on any atom is 0.325 e. The predicted octanol–water partition coefficient (Wildman–Crippen LogP) is 3.00. The van der Waals surface area contributed by atoms with Crippen molar-refractivity contribution in [2.45, 2.75) is 20.3 Å². The molecule has 20 heavy (non-hydrogen) atoms. The highest BCUT2D eigenvalue weighted by molar-refractivity contribution is 9.10. The third-order valence-electron chi connectivity index (χ3n) is 2.56. The van der Waals surface area contributed by atoms with Crippen LogP contribution in [0.5, 0.6) is 0 Å². The van der Waals surface area contributed by atoms with Gasteiger partial charge in [-0.05, 0) is 31.5 Å². The van der Waals surface area contributed by atoms with Crippen molar-refractivity contribution in [2.24, 2.45) is 0 Å². The maximum absolute atomic E-state index is 13.7. The molecular weight excluding hydrogens is 329 g/mol. The lowest BCUT2D eigenvalue weighted by molar-refractivity contribution is -0.143. The lowest BCUT2D eigenvalue weighted by atomic mass is 10.2. The van der Waals surface area contributed by atoms with E-state index in [1.165, 1.54) is 23.1 Å². The number of carbonyl (C=O) groups excluding carboxylic acids is 2. The van der Waals surface area contributed by atoms with E-state index in [-0.39, 0.29) is 18.7 Å². The highest BCUT2D eigenvalue weighted by Gasteiger charge is 2.21. The Morgan fingerprint density at radius 2 is 2.05 bits per heavy atom. The Morgan fingerprint density at radius 3 is 2.65 bits per heavy atom. The number of rotatable bonds is 6. The monoisotopic (exact) mass is 345 g/mol. The molecule has 1 rings (SSSR count). The average molecular weight is 346 g/mol. The molecular formula is C14H17BrFNO3. The lowest BCUT2D eigenvalue weighted by Crippen LogP contribution is -2.37. The molecule has 0 aliphatic rings. The fourth-order valence-corrected chi connectivity index (χ4v) is 2.08. The van der Waals surface area contributed by atoms with E-state index in [9.17, 15) is 14.0 Å². The number of amides is 1. The first kappa shape index (κ1) is 16.6. The summed E-state index contributed by atoms with van der Waals surface area (Å²) < 4.78 is 19.2. The Morgan fingerprint density at radius 1 is 1.35 bits per heavy atom. The highest BCUT2D eigenvalue weighted by atomic mass is 79.9. The van der Waals surface area contributed by atoms with Crippen molar-refractivity contribution in [2.75, 3.05) is 19.7 Å². The summed E-state index contributed by atoms with van der Waals surface area (Å²) in [5, 5.41) is 0. The van der Waals surface area contributed by atoms with Crippen LogP contribution in [-0.2, 0) is 9.53 Å². The molecule has 0 saturated carbocycles. The summed E-state index contributed by atoms with van der Waals surface area (Å²) in [6, 6.07) is 4.14. The van der Waals surface area contributed by atoms with Crippen LogP contribution < -0.4 is 0 Å². The third kappa shape index (κ3) is 4.59. The smallest absolute Gasteiger partial charge is 0.325 e. The minimum absolute atomic E-state index is 0.0582. The van der Waals surface area contributed by atoms with Crippen molar-refractivity contribution in [1.29, 1.82) is 0 Å². The van der Waals surface area contributed by atoms with E-state index in [1.807, 2.05) is 6.92 Å². The standard InChI is InChI=1S/C14H17BrFNO3/c1-3-7-17(9-13(18)20-4-2)14(19)11-8-10(15)5-6-12(11)16/h5-6,8H,3-4,7,9H2,1-2H3. The molecule has 4 nitrogen and oxygen atoms in total. The van der Waals surface area contributed by atoms with Crippen molar-refractivity contribution in [3.63, 3.8) is 0 Å². The molecule has 0 saturated heterocycles. The van der Waals surface area contributed by atoms with Crippen LogP contribution in [0.15, 0.2) is 22.7 Å². The maximum atomic E-state index is 13.7. The van der Waals surface area contributed by atoms with Crippen molar-refractivity contribution < 1.29 is 18.7 Å². The van der Waals surface area contributed by atoms with Gasteiger partial charge in [-0.1, -0.05) is 22.9 Å². The van der Waals surface area contributed by atoms with Gasteiger partial charge in [0, 0.05) is 11.0 Å². The van der Waals surface area contributed by atoms with Gasteiger partial charge >= 0.3 is 5.97 Å². The lowest BCUT2D eigenvalue weighted by Gasteiger charge is -2.21. The second-order valence-electron chi connectivity index (χ2n) is 4.16. The van der Waals surface area contributed by atoms with Gasteiger partial charge in [-0.3, -0.25) is 9.59 Å². The van der Waals surface area contributed by atoms with Crippen LogP contribution in [0.4, 0.5) is 4.39 Å². The second-order valence-corrected chi connectivity index (χ2v) is 5.07. The second kappa shape index (κ2) is 7.99. The zero-order valence-corrected chi connectivity index (χ0v) is 13.1. The van der Waals surface area contributed by atoms with Crippen molar-refractivity contribution in [1.82, 2.24) is 4.90 Å². The molecule has 110 valence electrons. The van der Waals surface area contributed by atoms with Gasteiger partial charge in [0.15, 0.2) is 0 Å². The van der Waals surface area contributed by atoms with Gasteiger partial charge in [-0.15, -0.1) is 0 Å². The number of hydrogen-bond acceptors (Lipinski definition) is 3. The molecule has 0 aliphatic carbocycles. The fourth-order valence-electron chi connectivity index (χ4n) is 1.72. The van der Waals surface area contributed by atoms with E-state index < -0.39 is 17.7 Å². The van der Waals surface area contributed by atoms with Gasteiger partial charge < -0.3 is 9.64 Å². The van der Waals surface area contributed by atoms with Crippen molar-refractivity contribution >= 4 is 27.8 Å². The number of ether oxygens (including phenoxy) is 1. The minimum atomic E-state index is -0.608. The van der Waals surface area contributed by atoms with Crippen LogP contribution in [0, 0.1) is 5.82 Å². The molecule has 6 heteroatoms. The average Bonchev–Trinajstić information content (AvgIpc) is 2.40. The molecule has 0 spiro atoms. The number of nitrogens with zero attached hydrogens (tertiary/aromatic N) is 1. The summed E-state index contributed by atoms with van der Waals surface area (Å²) in [6.45, 7) is 4.01. The van der Waals surface area contributed by atoms with Crippen molar-refractivity contribution in [3.8, 4) is 0 Å². The normalized spacial score (nSPS) is 10.2. The first-order valence-corrected chi connectivity index (χ1v) is 7.18. The van der Waals surface area contributed by atoms with E-state index >= 15 is 0 Å². The molecule has 1 aromatic carbocycles. The number of halogens is 2. The predicted molar refractivity (Wildman–Crippen MR) is 76.9 cm³/mol. The van der Waals surface area contributed by atoms with Gasteiger partial charge in [0.25, 0.3) is 5.91 Å². The van der Waals surface area contributed by atoms with Crippen LogP contribution in [0.3, 0.4) is 0 Å². The van der Waals surface area contributed by atoms with Crippen LogP contribution in [0.25, 0.3) is 0 Å². The topological polar surface area (TPSA) is 46.6 Å². The first-order chi connectivity index (χ1) is 9.49. The summed E-state index contributed by atoms with van der Waals surface area (Å²) >= 11 is 3.20. The molecule has 0 atom stereocenters. The first-order valence-electron chi connectivity index (χ1n) is 6.39. The Labute approximate surface area is 126 Å². The number of hydrogen-bond donors (Lipinski definition) is 0. The molecule has 0 radical (unpaired) electrons. The minimum Gasteiger partial charge on any atom is -0.465 e. The molecule has 0 unspecified atom stereocenters. The summed E-state index contributed by atoms with van der Waals surface area (Å²) in [5.74, 6) is -1.62. The van der Waals surface area contributed by atoms with Gasteiger partial charge in [-0.25, -0.2) is 4.39 Å². The molecule has 0 bridgehead atoms. The number of esters is 1. The Hall–Kier alpha value is -1.43. The summed E-state index contributed by atoms with van der Waals surface area (Å²) in [6.07, 6.45) is 0.667. The molecule has 1 aromatic rings. The van der Waals surface area contributed by atoms with E-state index in [0.717, 1.165) is 0 Å². The molecule has 0 aliphatic heterocycles. The molecule has 0 aromatic heterocycles. The van der Waals surface area contributed by atoms with Crippen molar-refractivity contribution in [3.05, 3.63) is 34.1 Å². The van der Waals surface area contributed by atoms with E-state index in [1.54, 1.807) is 6.92 Å². The number of benzene rings is 1. The largest absolute Gasteiger partial charge is 0.465 e. The molecule has 0 heterocycles. The molecule has 0 fully saturated rings. The molecule has 0 N–H and O–H groups in total. The van der Waals surface area contributed by atoms with Crippen LogP contribution in [0.2, 0.25) is 0 Å². The van der Waals surface area contributed by atoms with Gasteiger partial charge in [0.2, 0.25) is 0 Å². The number of carbonyl (C=O) groups is 2. The summed E-state index contributed by atoms with van der Waals surface area (Å²) in [5.41, 5.74) is -0.0582. The van der Waals surface area contributed by atoms with Gasteiger partial charge in [0.05, 0.1) is 12.2 Å². The van der Waals surface area contributed by atoms with E-state index in [0.29, 0.717) is 17.4 Å². The van der Waals surface area contributed by atoms with Crippen LogP contribution >= 0.6 is 15.9 Å². The quantitative estimate of drug-likeness (QED) is 0.744. The SMILES string of the molecule is CCCN(CC(=O)OCC)C(=O)c1cc(Br)ccc1F. The zero-order chi connectivity index (χ0) is 15.1. The molecule has 1 amide bonds. The summed E-state index contributed by atoms with van der Waals surface area (Å²) in [4.78, 5) is 25.1. The summed E-state index contributed by atoms with van der Waals surface area (Å²) in [7, 11) is 0. The van der Waals surface area contributed by atoms with E-state index in [4.69, 9.17) is 4.74 Å². The zero-order valence-electron chi connectivity index (χ0n) is 11.5. The highest BCUT2D eigenvalue weighted by Crippen LogP contribution is 2.17. The Kier molecular flexibility index (Phi) is 6.64. The van der Waals surface area contributed by atoms with Gasteiger partial charge in [0.1, 0.15) is 12.4 Å². The van der Waals surface area contributed by atoms with E-state index in [2.05, 4.69) is 15.9 Å². The van der Waals surface area contributed by atoms with Crippen LogP contribution in [0.1, 0.15) is 30.6 Å². The fraction of sp³-hybridized carbons (Fsp3) is 0.429. The van der Waals surface area contributed by atoms with Gasteiger partial charge in [-0.2, -0.15) is 0 Å². The Bertz CT molecular complexity index is 493.